The van der Waals surface area contributed by atoms with E-state index >= 15 is 0 Å². The van der Waals surface area contributed by atoms with Crippen molar-refractivity contribution < 1.29 is 18.3 Å². The lowest BCUT2D eigenvalue weighted by molar-refractivity contribution is 0.00894. The van der Waals surface area contributed by atoms with E-state index in [-0.39, 0.29) is 11.5 Å². The number of carbonyl (C=O) groups is 1. The van der Waals surface area contributed by atoms with Crippen molar-refractivity contribution >= 4 is 5.97 Å². The quantitative estimate of drug-likeness (QED) is 0.609. The molecule has 0 N–H and O–H groups in total. The summed E-state index contributed by atoms with van der Waals surface area (Å²) in [4.78, 5) is 14.9. The zero-order valence-corrected chi connectivity index (χ0v) is 11.1. The Bertz CT molecular complexity index is 478. The molecular weight excluding hydrogens is 252 g/mol. The molecule has 0 spiro atoms. The van der Waals surface area contributed by atoms with Crippen molar-refractivity contribution in [1.82, 2.24) is 4.98 Å². The molecule has 0 unspecified atom stereocenters. The molecule has 0 aromatic carbocycles. The van der Waals surface area contributed by atoms with E-state index in [9.17, 15) is 13.6 Å². The minimum absolute atomic E-state index is 0.212. The van der Waals surface area contributed by atoms with Gasteiger partial charge in [-0.1, -0.05) is 13.8 Å². The van der Waals surface area contributed by atoms with E-state index in [0.717, 1.165) is 37.9 Å². The number of pyridine rings is 1. The zero-order chi connectivity index (χ0) is 14.0. The van der Waals surface area contributed by atoms with Gasteiger partial charge in [-0.15, -0.1) is 0 Å². The number of hydrogen-bond donors (Lipinski definition) is 0. The highest BCUT2D eigenvalue weighted by Gasteiger charge is 2.29. The number of halogens is 2. The van der Waals surface area contributed by atoms with Gasteiger partial charge in [-0.05, 0) is 37.2 Å². The van der Waals surface area contributed by atoms with Gasteiger partial charge in [0.05, 0.1) is 0 Å². The Balaban J connectivity index is 2.00. The molecule has 5 heteroatoms. The van der Waals surface area contributed by atoms with E-state index in [4.69, 9.17) is 4.74 Å². The van der Waals surface area contributed by atoms with Gasteiger partial charge in [0.1, 0.15) is 11.7 Å². The lowest BCUT2D eigenvalue weighted by atomic mass is 9.76. The van der Waals surface area contributed by atoms with Crippen LogP contribution in [0.3, 0.4) is 0 Å². The molecule has 0 amide bonds. The summed E-state index contributed by atoms with van der Waals surface area (Å²) in [5, 5.41) is 0. The van der Waals surface area contributed by atoms with Gasteiger partial charge in [0, 0.05) is 6.20 Å². The topological polar surface area (TPSA) is 39.2 Å². The van der Waals surface area contributed by atoms with Crippen molar-refractivity contribution in [1.29, 1.82) is 0 Å². The van der Waals surface area contributed by atoms with Crippen LogP contribution in [0.15, 0.2) is 12.3 Å². The Morgan fingerprint density at radius 1 is 1.37 bits per heavy atom. The standard InChI is InChI=1S/C14H17F2NO2/c1-14(2)6-3-9(4-7-14)19-13(18)10-5-8-17-12(16)11(10)15/h5,8-9H,3-4,6-7H2,1-2H3. The normalized spacial score (nSPS) is 19.2. The predicted molar refractivity (Wildman–Crippen MR) is 65.6 cm³/mol. The van der Waals surface area contributed by atoms with Gasteiger partial charge in [0.2, 0.25) is 5.95 Å². The minimum atomic E-state index is -1.28. The third kappa shape index (κ3) is 3.28. The molecule has 0 bridgehead atoms. The summed E-state index contributed by atoms with van der Waals surface area (Å²) in [5.74, 6) is -3.34. The van der Waals surface area contributed by atoms with E-state index in [1.165, 1.54) is 0 Å². The number of rotatable bonds is 2. The van der Waals surface area contributed by atoms with Crippen LogP contribution in [0.25, 0.3) is 0 Å². The summed E-state index contributed by atoms with van der Waals surface area (Å²) in [6.45, 7) is 4.34. The highest BCUT2D eigenvalue weighted by molar-refractivity contribution is 5.89. The van der Waals surface area contributed by atoms with E-state index < -0.39 is 23.3 Å². The fourth-order valence-electron chi connectivity index (χ4n) is 2.28. The second-order valence-corrected chi connectivity index (χ2v) is 5.73. The lowest BCUT2D eigenvalue weighted by Gasteiger charge is -2.33. The summed E-state index contributed by atoms with van der Waals surface area (Å²) in [6.07, 6.45) is 4.27. The van der Waals surface area contributed by atoms with Gasteiger partial charge in [-0.25, -0.2) is 14.2 Å². The van der Waals surface area contributed by atoms with E-state index in [1.54, 1.807) is 0 Å². The molecular formula is C14H17F2NO2. The van der Waals surface area contributed by atoms with Gasteiger partial charge in [-0.3, -0.25) is 0 Å². The van der Waals surface area contributed by atoms with Crippen molar-refractivity contribution in [2.45, 2.75) is 45.6 Å². The average Bonchev–Trinajstić information content (AvgIpc) is 2.35. The summed E-state index contributed by atoms with van der Waals surface area (Å²) >= 11 is 0. The molecule has 19 heavy (non-hydrogen) atoms. The van der Waals surface area contributed by atoms with Crippen LogP contribution in [0.4, 0.5) is 8.78 Å². The fourth-order valence-corrected chi connectivity index (χ4v) is 2.28. The third-order valence-electron chi connectivity index (χ3n) is 3.63. The Labute approximate surface area is 111 Å². The molecule has 0 atom stereocenters. The molecule has 1 aromatic rings. The van der Waals surface area contributed by atoms with Crippen molar-refractivity contribution in [3.63, 3.8) is 0 Å². The van der Waals surface area contributed by atoms with Crippen LogP contribution in [0.5, 0.6) is 0 Å². The Hall–Kier alpha value is -1.52. The van der Waals surface area contributed by atoms with Crippen LogP contribution in [0.2, 0.25) is 0 Å². The molecule has 0 saturated heterocycles. The van der Waals surface area contributed by atoms with Crippen LogP contribution in [0.1, 0.15) is 49.9 Å². The molecule has 1 heterocycles. The summed E-state index contributed by atoms with van der Waals surface area (Å²) in [5.41, 5.74) is -0.131. The molecule has 1 aromatic heterocycles. The second-order valence-electron chi connectivity index (χ2n) is 5.73. The first-order valence-corrected chi connectivity index (χ1v) is 6.40. The molecule has 1 fully saturated rings. The maximum Gasteiger partial charge on any atom is 0.341 e. The number of esters is 1. The second kappa shape index (κ2) is 5.23. The molecule has 0 radical (unpaired) electrons. The fraction of sp³-hybridized carbons (Fsp3) is 0.571. The molecule has 2 rings (SSSR count). The lowest BCUT2D eigenvalue weighted by Crippen LogP contribution is -2.28. The Kier molecular flexibility index (Phi) is 3.83. The van der Waals surface area contributed by atoms with Crippen LogP contribution in [0, 0.1) is 17.2 Å². The van der Waals surface area contributed by atoms with Gasteiger partial charge in [-0.2, -0.15) is 4.39 Å². The van der Waals surface area contributed by atoms with Gasteiger partial charge < -0.3 is 4.74 Å². The van der Waals surface area contributed by atoms with Gasteiger partial charge in [0.25, 0.3) is 0 Å². The smallest absolute Gasteiger partial charge is 0.341 e. The number of nitrogens with zero attached hydrogens (tertiary/aromatic N) is 1. The van der Waals surface area contributed by atoms with Crippen LogP contribution < -0.4 is 0 Å². The van der Waals surface area contributed by atoms with Crippen LogP contribution in [-0.2, 0) is 4.74 Å². The zero-order valence-electron chi connectivity index (χ0n) is 11.1. The molecule has 104 valence electrons. The highest BCUT2D eigenvalue weighted by atomic mass is 19.2. The van der Waals surface area contributed by atoms with Crippen LogP contribution in [-0.4, -0.2) is 17.1 Å². The molecule has 1 saturated carbocycles. The van der Waals surface area contributed by atoms with Crippen molar-refractivity contribution in [2.24, 2.45) is 5.41 Å². The molecule has 1 aliphatic rings. The van der Waals surface area contributed by atoms with E-state index in [2.05, 4.69) is 18.8 Å². The Morgan fingerprint density at radius 2 is 2.00 bits per heavy atom. The number of hydrogen-bond acceptors (Lipinski definition) is 3. The van der Waals surface area contributed by atoms with Crippen molar-refractivity contribution in [3.05, 3.63) is 29.6 Å². The number of carbonyl (C=O) groups excluding carboxylic acids is 1. The minimum Gasteiger partial charge on any atom is -0.459 e. The summed E-state index contributed by atoms with van der Waals surface area (Å²) < 4.78 is 31.6. The van der Waals surface area contributed by atoms with Gasteiger partial charge in [0.15, 0.2) is 5.82 Å². The first-order valence-electron chi connectivity index (χ1n) is 6.40. The molecule has 0 aliphatic heterocycles. The molecule has 3 nitrogen and oxygen atoms in total. The SMILES string of the molecule is CC1(C)CCC(OC(=O)c2ccnc(F)c2F)CC1. The average molecular weight is 269 g/mol. The van der Waals surface area contributed by atoms with E-state index in [0.29, 0.717) is 0 Å². The molecule has 1 aliphatic carbocycles. The summed E-state index contributed by atoms with van der Waals surface area (Å²) in [6, 6.07) is 1.13. The largest absolute Gasteiger partial charge is 0.459 e. The first-order chi connectivity index (χ1) is 8.89. The maximum absolute atomic E-state index is 13.4. The number of ether oxygens (including phenoxy) is 1. The highest BCUT2D eigenvalue weighted by Crippen LogP contribution is 2.36. The first kappa shape index (κ1) is 13.9. The monoisotopic (exact) mass is 269 g/mol. The van der Waals surface area contributed by atoms with Crippen molar-refractivity contribution in [2.75, 3.05) is 0 Å². The van der Waals surface area contributed by atoms with Crippen molar-refractivity contribution in [3.8, 4) is 0 Å². The summed E-state index contributed by atoms with van der Waals surface area (Å²) in [7, 11) is 0. The van der Waals surface area contributed by atoms with Crippen LogP contribution >= 0.6 is 0 Å². The van der Waals surface area contributed by atoms with E-state index in [1.807, 2.05) is 0 Å². The van der Waals surface area contributed by atoms with Gasteiger partial charge >= 0.3 is 5.97 Å². The number of aromatic nitrogens is 1. The third-order valence-corrected chi connectivity index (χ3v) is 3.63. The Morgan fingerprint density at radius 3 is 2.63 bits per heavy atom. The predicted octanol–water partition coefficient (Wildman–Crippen LogP) is 3.49. The maximum atomic E-state index is 13.4.